The van der Waals surface area contributed by atoms with E-state index >= 15 is 0 Å². The van der Waals surface area contributed by atoms with Gasteiger partial charge in [-0.2, -0.15) is 0 Å². The Balaban J connectivity index is 2.05. The van der Waals surface area contributed by atoms with E-state index in [2.05, 4.69) is 41.3 Å². The van der Waals surface area contributed by atoms with Gasteiger partial charge in [-0.3, -0.25) is 4.98 Å². The van der Waals surface area contributed by atoms with E-state index in [0.717, 1.165) is 11.4 Å². The van der Waals surface area contributed by atoms with Crippen molar-refractivity contribution < 1.29 is 4.74 Å². The largest absolute Gasteiger partial charge is 0.495 e. The number of nitrogens with one attached hydrogen (secondary N) is 1. The van der Waals surface area contributed by atoms with Gasteiger partial charge in [0.2, 0.25) is 0 Å². The maximum atomic E-state index is 5.94. The molecule has 0 spiro atoms. The molecule has 0 unspecified atom stereocenters. The molecular weight excluding hydrogens is 276 g/mol. The molecule has 22 heavy (non-hydrogen) atoms. The number of ether oxygens (including phenoxy) is 1. The van der Waals surface area contributed by atoms with Gasteiger partial charge >= 0.3 is 0 Å². The average Bonchev–Trinajstić information content (AvgIpc) is 2.53. The van der Waals surface area contributed by atoms with Gasteiger partial charge in [-0.1, -0.05) is 26.0 Å². The van der Waals surface area contributed by atoms with Crippen molar-refractivity contribution >= 4 is 11.6 Å². The summed E-state index contributed by atoms with van der Waals surface area (Å²) in [5, 5.41) is 3.10. The molecule has 2 aromatic rings. The normalized spacial score (nSPS) is 11.5. The summed E-state index contributed by atoms with van der Waals surface area (Å²) in [4.78, 5) is 8.56. The van der Waals surface area contributed by atoms with Crippen LogP contribution in [0.2, 0.25) is 0 Å². The SMILES string of the molecule is COc1cccnc1CN=C(N)Nc1cccc(C(C)C)c1. The van der Waals surface area contributed by atoms with Crippen LogP contribution in [0.4, 0.5) is 5.69 Å². The Bertz CT molecular complexity index is 653. The van der Waals surface area contributed by atoms with Crippen LogP contribution in [0.25, 0.3) is 0 Å². The first kappa shape index (κ1) is 15.8. The van der Waals surface area contributed by atoms with E-state index in [9.17, 15) is 0 Å². The molecule has 0 amide bonds. The summed E-state index contributed by atoms with van der Waals surface area (Å²) < 4.78 is 5.24. The maximum absolute atomic E-state index is 5.94. The van der Waals surface area contributed by atoms with Crippen molar-refractivity contribution in [1.82, 2.24) is 4.98 Å². The molecule has 1 aromatic heterocycles. The molecule has 116 valence electrons. The van der Waals surface area contributed by atoms with Crippen molar-refractivity contribution in [3.63, 3.8) is 0 Å². The number of pyridine rings is 1. The Morgan fingerprint density at radius 3 is 2.86 bits per heavy atom. The van der Waals surface area contributed by atoms with E-state index in [4.69, 9.17) is 10.5 Å². The van der Waals surface area contributed by atoms with Crippen molar-refractivity contribution in [2.45, 2.75) is 26.3 Å². The van der Waals surface area contributed by atoms with Gasteiger partial charge in [0.15, 0.2) is 5.96 Å². The third kappa shape index (κ3) is 4.22. The topological polar surface area (TPSA) is 72.5 Å². The Labute approximate surface area is 131 Å². The Hall–Kier alpha value is -2.56. The van der Waals surface area contributed by atoms with Gasteiger partial charge < -0.3 is 15.8 Å². The molecule has 0 saturated heterocycles. The Kier molecular flexibility index (Phi) is 5.36. The van der Waals surface area contributed by atoms with E-state index in [1.165, 1.54) is 5.56 Å². The van der Waals surface area contributed by atoms with E-state index in [1.54, 1.807) is 13.3 Å². The molecule has 0 radical (unpaired) electrons. The molecule has 1 aromatic carbocycles. The van der Waals surface area contributed by atoms with Crippen LogP contribution >= 0.6 is 0 Å². The number of nitrogens with zero attached hydrogens (tertiary/aromatic N) is 2. The van der Waals surface area contributed by atoms with Crippen molar-refractivity contribution in [3.05, 3.63) is 53.9 Å². The van der Waals surface area contributed by atoms with Crippen LogP contribution in [0.3, 0.4) is 0 Å². The molecule has 0 aliphatic carbocycles. The third-order valence-corrected chi connectivity index (χ3v) is 3.29. The zero-order chi connectivity index (χ0) is 15.9. The first-order chi connectivity index (χ1) is 10.6. The zero-order valence-electron chi connectivity index (χ0n) is 13.2. The number of benzene rings is 1. The highest BCUT2D eigenvalue weighted by atomic mass is 16.5. The highest BCUT2D eigenvalue weighted by Crippen LogP contribution is 2.18. The number of nitrogens with two attached hydrogens (primary N) is 1. The lowest BCUT2D eigenvalue weighted by Crippen LogP contribution is -2.22. The monoisotopic (exact) mass is 298 g/mol. The first-order valence-electron chi connectivity index (χ1n) is 7.25. The standard InChI is InChI=1S/C17H22N4O/c1-12(2)13-6-4-7-14(10-13)21-17(18)20-11-15-16(22-3)8-5-9-19-15/h4-10,12H,11H2,1-3H3,(H3,18,20,21). The number of guanidine groups is 1. The summed E-state index contributed by atoms with van der Waals surface area (Å²) >= 11 is 0. The van der Waals surface area contributed by atoms with Crippen LogP contribution in [0.1, 0.15) is 31.0 Å². The van der Waals surface area contributed by atoms with Crippen LogP contribution in [0.15, 0.2) is 47.6 Å². The second kappa shape index (κ2) is 7.45. The van der Waals surface area contributed by atoms with Gasteiger partial charge in [-0.05, 0) is 35.7 Å². The van der Waals surface area contributed by atoms with Gasteiger partial charge in [-0.15, -0.1) is 0 Å². The van der Waals surface area contributed by atoms with Gasteiger partial charge in [-0.25, -0.2) is 4.99 Å². The van der Waals surface area contributed by atoms with E-state index in [0.29, 0.717) is 24.2 Å². The van der Waals surface area contributed by atoms with Crippen molar-refractivity contribution in [3.8, 4) is 5.75 Å². The van der Waals surface area contributed by atoms with E-state index < -0.39 is 0 Å². The highest BCUT2D eigenvalue weighted by molar-refractivity contribution is 5.92. The minimum Gasteiger partial charge on any atom is -0.495 e. The lowest BCUT2D eigenvalue weighted by Gasteiger charge is -2.10. The number of methoxy groups -OCH3 is 1. The summed E-state index contributed by atoms with van der Waals surface area (Å²) in [7, 11) is 1.61. The number of anilines is 1. The lowest BCUT2D eigenvalue weighted by molar-refractivity contribution is 0.407. The van der Waals surface area contributed by atoms with Crippen LogP contribution in [-0.2, 0) is 6.54 Å². The smallest absolute Gasteiger partial charge is 0.193 e. The van der Waals surface area contributed by atoms with Crippen LogP contribution in [-0.4, -0.2) is 18.1 Å². The van der Waals surface area contributed by atoms with E-state index in [-0.39, 0.29) is 0 Å². The summed E-state index contributed by atoms with van der Waals surface area (Å²) in [6.07, 6.45) is 1.71. The summed E-state index contributed by atoms with van der Waals surface area (Å²) in [6, 6.07) is 11.8. The predicted octanol–water partition coefficient (Wildman–Crippen LogP) is 3.14. The highest BCUT2D eigenvalue weighted by Gasteiger charge is 2.04. The fraction of sp³-hybridized carbons (Fsp3) is 0.294. The molecule has 1 heterocycles. The van der Waals surface area contributed by atoms with Crippen molar-refractivity contribution in [2.75, 3.05) is 12.4 Å². The first-order valence-corrected chi connectivity index (χ1v) is 7.25. The number of aliphatic imine (C=N–C) groups is 1. The average molecular weight is 298 g/mol. The molecule has 0 bridgehead atoms. The molecule has 0 saturated carbocycles. The van der Waals surface area contributed by atoms with Gasteiger partial charge in [0.05, 0.1) is 13.7 Å². The summed E-state index contributed by atoms with van der Waals surface area (Å²) in [5.41, 5.74) is 8.88. The van der Waals surface area contributed by atoms with Crippen LogP contribution in [0.5, 0.6) is 5.75 Å². The molecular formula is C17H22N4O. The predicted molar refractivity (Wildman–Crippen MR) is 90.3 cm³/mol. The van der Waals surface area contributed by atoms with Crippen molar-refractivity contribution in [2.24, 2.45) is 10.7 Å². The molecule has 0 aliphatic rings. The lowest BCUT2D eigenvalue weighted by atomic mass is 10.0. The van der Waals surface area contributed by atoms with Gasteiger partial charge in [0.25, 0.3) is 0 Å². The molecule has 0 fully saturated rings. The number of hydrogen-bond acceptors (Lipinski definition) is 3. The van der Waals surface area contributed by atoms with Gasteiger partial charge in [0.1, 0.15) is 11.4 Å². The number of rotatable bonds is 5. The quantitative estimate of drug-likeness (QED) is 0.657. The molecule has 3 N–H and O–H groups in total. The van der Waals surface area contributed by atoms with Gasteiger partial charge in [0, 0.05) is 11.9 Å². The molecule has 0 aliphatic heterocycles. The minimum absolute atomic E-state index is 0.355. The molecule has 2 rings (SSSR count). The fourth-order valence-corrected chi connectivity index (χ4v) is 2.05. The number of hydrogen-bond donors (Lipinski definition) is 2. The minimum atomic E-state index is 0.355. The second-order valence-electron chi connectivity index (χ2n) is 5.26. The molecule has 5 nitrogen and oxygen atoms in total. The number of aromatic nitrogens is 1. The fourth-order valence-electron chi connectivity index (χ4n) is 2.05. The zero-order valence-corrected chi connectivity index (χ0v) is 13.2. The Morgan fingerprint density at radius 1 is 1.32 bits per heavy atom. The second-order valence-corrected chi connectivity index (χ2v) is 5.26. The molecule has 5 heteroatoms. The summed E-state index contributed by atoms with van der Waals surface area (Å²) in [6.45, 7) is 4.68. The van der Waals surface area contributed by atoms with Crippen LogP contribution in [0, 0.1) is 0 Å². The van der Waals surface area contributed by atoms with E-state index in [1.807, 2.05) is 24.3 Å². The third-order valence-electron chi connectivity index (χ3n) is 3.29. The Morgan fingerprint density at radius 2 is 2.14 bits per heavy atom. The summed E-state index contributed by atoms with van der Waals surface area (Å²) in [5.74, 6) is 1.53. The molecule has 0 atom stereocenters. The van der Waals surface area contributed by atoms with Crippen molar-refractivity contribution in [1.29, 1.82) is 0 Å². The maximum Gasteiger partial charge on any atom is 0.193 e. The van der Waals surface area contributed by atoms with Crippen LogP contribution < -0.4 is 15.8 Å².